The minimum Gasteiger partial charge on any atom is -0.450 e. The van der Waals surface area contributed by atoms with Crippen molar-refractivity contribution in [1.29, 1.82) is 0 Å². The zero-order chi connectivity index (χ0) is 16.6. The highest BCUT2D eigenvalue weighted by Crippen LogP contribution is 2.34. The van der Waals surface area contributed by atoms with E-state index < -0.39 is 17.0 Å². The normalized spacial score (nSPS) is 16.7. The maximum Gasteiger partial charge on any atom is 0.293 e. The van der Waals surface area contributed by atoms with Gasteiger partial charge in [-0.2, -0.15) is 0 Å². The van der Waals surface area contributed by atoms with E-state index in [1.165, 1.54) is 12.1 Å². The highest BCUT2D eigenvalue weighted by Gasteiger charge is 2.35. The predicted molar refractivity (Wildman–Crippen MR) is 97.0 cm³/mol. The number of benzene rings is 1. The third kappa shape index (κ3) is 3.53. The summed E-state index contributed by atoms with van der Waals surface area (Å²) in [5, 5.41) is -0.426. The van der Waals surface area contributed by atoms with Crippen molar-refractivity contribution in [1.82, 2.24) is 4.90 Å². The van der Waals surface area contributed by atoms with Crippen molar-refractivity contribution < 1.29 is 18.4 Å². The fraction of sp³-hybridized carbons (Fsp3) is 0.0667. The Morgan fingerprint density at radius 1 is 1.35 bits per heavy atom. The topological polar surface area (TPSA) is 50.5 Å². The van der Waals surface area contributed by atoms with E-state index in [-0.39, 0.29) is 11.4 Å². The van der Waals surface area contributed by atoms with Crippen LogP contribution in [0.5, 0.6) is 0 Å². The van der Waals surface area contributed by atoms with Crippen LogP contribution in [0.15, 0.2) is 44.1 Å². The first-order chi connectivity index (χ1) is 11.0. The molecule has 0 atom stereocenters. The molecule has 0 unspecified atom stereocenters. The molecule has 1 aliphatic rings. The molecular weight excluding hydrogens is 500 g/mol. The zero-order valence-electron chi connectivity index (χ0n) is 11.4. The van der Waals surface area contributed by atoms with Crippen molar-refractivity contribution in [3.8, 4) is 0 Å². The Morgan fingerprint density at radius 2 is 2.09 bits per heavy atom. The molecule has 0 bridgehead atoms. The van der Waals surface area contributed by atoms with Gasteiger partial charge in [0, 0.05) is 34.2 Å². The second-order valence-corrected chi connectivity index (χ2v) is 7.46. The fourth-order valence-electron chi connectivity index (χ4n) is 2.00. The van der Waals surface area contributed by atoms with Crippen LogP contribution < -0.4 is 0 Å². The van der Waals surface area contributed by atoms with Gasteiger partial charge in [-0.1, -0.05) is 18.2 Å². The second kappa shape index (κ2) is 6.78. The Morgan fingerprint density at radius 3 is 2.74 bits per heavy atom. The van der Waals surface area contributed by atoms with Crippen molar-refractivity contribution in [3.05, 3.63) is 60.6 Å². The molecule has 8 heteroatoms. The molecule has 1 aromatic carbocycles. The smallest absolute Gasteiger partial charge is 0.293 e. The summed E-state index contributed by atoms with van der Waals surface area (Å²) in [5.74, 6) is -0.427. The van der Waals surface area contributed by atoms with E-state index in [0.717, 1.165) is 21.1 Å². The lowest BCUT2D eigenvalue weighted by atomic mass is 10.2. The standard InChI is InChI=1S/C15H8BrFINO3S/c16-10-5-9(22-13(10)18)6-12-14(20)19(15(21)23-12)7-8-3-1-2-4-11(8)17/h1-6H,7H2/b12-6-. The van der Waals surface area contributed by atoms with Gasteiger partial charge in [0.2, 0.25) is 0 Å². The van der Waals surface area contributed by atoms with Gasteiger partial charge in [-0.15, -0.1) is 0 Å². The van der Waals surface area contributed by atoms with Gasteiger partial charge in [-0.3, -0.25) is 14.5 Å². The lowest BCUT2D eigenvalue weighted by molar-refractivity contribution is -0.123. The molecule has 0 aliphatic carbocycles. The molecule has 2 heterocycles. The molecular formula is C15H8BrFINO3S. The highest BCUT2D eigenvalue weighted by molar-refractivity contribution is 14.1. The lowest BCUT2D eigenvalue weighted by Gasteiger charge is -2.12. The molecule has 0 radical (unpaired) electrons. The maximum atomic E-state index is 13.7. The van der Waals surface area contributed by atoms with Crippen LogP contribution in [0.2, 0.25) is 0 Å². The molecule has 1 aromatic heterocycles. The van der Waals surface area contributed by atoms with Crippen molar-refractivity contribution >= 4 is 67.5 Å². The van der Waals surface area contributed by atoms with Crippen LogP contribution >= 0.6 is 50.3 Å². The molecule has 1 aliphatic heterocycles. The van der Waals surface area contributed by atoms with Crippen molar-refractivity contribution in [3.63, 3.8) is 0 Å². The van der Waals surface area contributed by atoms with Crippen LogP contribution in [-0.4, -0.2) is 16.0 Å². The Labute approximate surface area is 157 Å². The molecule has 2 amide bonds. The summed E-state index contributed by atoms with van der Waals surface area (Å²) >= 11 is 6.14. The SMILES string of the molecule is O=C1S/C(=C\c2cc(Br)c(I)o2)C(=O)N1Cc1ccccc1F. The number of imide groups is 1. The number of hydrogen-bond acceptors (Lipinski definition) is 4. The number of carbonyl (C=O) groups excluding carboxylic acids is 2. The summed E-state index contributed by atoms with van der Waals surface area (Å²) in [6.07, 6.45) is 1.51. The minimum absolute atomic E-state index is 0.0892. The fourth-order valence-corrected chi connectivity index (χ4v) is 3.53. The largest absolute Gasteiger partial charge is 0.450 e. The summed E-state index contributed by atoms with van der Waals surface area (Å²) in [6.45, 7) is -0.0892. The Hall–Kier alpha value is -1.13. The average molecular weight is 508 g/mol. The van der Waals surface area contributed by atoms with E-state index in [2.05, 4.69) is 15.9 Å². The van der Waals surface area contributed by atoms with E-state index in [1.807, 2.05) is 22.6 Å². The number of amides is 2. The molecule has 23 heavy (non-hydrogen) atoms. The minimum atomic E-state index is -0.453. The van der Waals surface area contributed by atoms with Gasteiger partial charge in [-0.25, -0.2) is 4.39 Å². The Bertz CT molecular complexity index is 816. The van der Waals surface area contributed by atoms with Crippen LogP contribution in [0.25, 0.3) is 6.08 Å². The van der Waals surface area contributed by atoms with Crippen LogP contribution in [0.1, 0.15) is 11.3 Å². The van der Waals surface area contributed by atoms with E-state index in [1.54, 1.807) is 24.3 Å². The predicted octanol–water partition coefficient (Wildman–Crippen LogP) is 5.02. The van der Waals surface area contributed by atoms with Crippen LogP contribution in [-0.2, 0) is 11.3 Å². The lowest BCUT2D eigenvalue weighted by Crippen LogP contribution is -2.27. The third-order valence-corrected chi connectivity index (χ3v) is 6.14. The number of thioether (sulfide) groups is 1. The molecule has 1 saturated heterocycles. The van der Waals surface area contributed by atoms with E-state index in [9.17, 15) is 14.0 Å². The summed E-state index contributed by atoms with van der Waals surface area (Å²) in [4.78, 5) is 25.7. The zero-order valence-corrected chi connectivity index (χ0v) is 15.9. The Kier molecular flexibility index (Phi) is 4.93. The third-order valence-electron chi connectivity index (χ3n) is 3.10. The quantitative estimate of drug-likeness (QED) is 0.432. The van der Waals surface area contributed by atoms with Gasteiger partial charge in [0.1, 0.15) is 11.6 Å². The van der Waals surface area contributed by atoms with E-state index >= 15 is 0 Å². The molecule has 1 fully saturated rings. The number of rotatable bonds is 3. The number of halogens is 3. The molecule has 2 aromatic rings. The molecule has 3 rings (SSSR count). The summed E-state index contributed by atoms with van der Waals surface area (Å²) in [7, 11) is 0. The number of furan rings is 1. The van der Waals surface area contributed by atoms with Gasteiger partial charge in [0.05, 0.1) is 15.9 Å². The summed E-state index contributed by atoms with van der Waals surface area (Å²) in [5.41, 5.74) is 0.298. The van der Waals surface area contributed by atoms with Crippen molar-refractivity contribution in [2.75, 3.05) is 0 Å². The molecule has 0 spiro atoms. The van der Waals surface area contributed by atoms with Crippen LogP contribution in [0.3, 0.4) is 0 Å². The van der Waals surface area contributed by atoms with Gasteiger partial charge < -0.3 is 4.42 Å². The summed E-state index contributed by atoms with van der Waals surface area (Å²) < 4.78 is 20.6. The maximum absolute atomic E-state index is 13.7. The first kappa shape index (κ1) is 16.7. The molecule has 0 N–H and O–H groups in total. The van der Waals surface area contributed by atoms with Gasteiger partial charge in [0.15, 0.2) is 3.77 Å². The van der Waals surface area contributed by atoms with Gasteiger partial charge in [0.25, 0.3) is 11.1 Å². The monoisotopic (exact) mass is 507 g/mol. The van der Waals surface area contributed by atoms with Crippen LogP contribution in [0.4, 0.5) is 9.18 Å². The second-order valence-electron chi connectivity index (χ2n) is 4.63. The molecule has 118 valence electrons. The van der Waals surface area contributed by atoms with Crippen LogP contribution in [0, 0.1) is 9.58 Å². The summed E-state index contributed by atoms with van der Waals surface area (Å²) in [6, 6.07) is 7.78. The number of nitrogens with zero attached hydrogens (tertiary/aromatic N) is 1. The van der Waals surface area contributed by atoms with Crippen molar-refractivity contribution in [2.24, 2.45) is 0 Å². The Balaban J connectivity index is 1.84. The number of carbonyl (C=O) groups is 2. The molecule has 0 saturated carbocycles. The highest BCUT2D eigenvalue weighted by atomic mass is 127. The van der Waals surface area contributed by atoms with Gasteiger partial charge in [-0.05, 0) is 39.8 Å². The first-order valence-electron chi connectivity index (χ1n) is 6.39. The molecule has 4 nitrogen and oxygen atoms in total. The average Bonchev–Trinajstić information content (AvgIpc) is 2.95. The van der Waals surface area contributed by atoms with E-state index in [0.29, 0.717) is 15.1 Å². The first-order valence-corrected chi connectivity index (χ1v) is 9.08. The number of hydrogen-bond donors (Lipinski definition) is 0. The van der Waals surface area contributed by atoms with Crippen molar-refractivity contribution in [2.45, 2.75) is 6.54 Å². The van der Waals surface area contributed by atoms with E-state index in [4.69, 9.17) is 4.42 Å². The van der Waals surface area contributed by atoms with Gasteiger partial charge >= 0.3 is 0 Å².